The zero-order chi connectivity index (χ0) is 14.1. The average Bonchev–Trinajstić information content (AvgIpc) is 2.80. The first-order valence-electron chi connectivity index (χ1n) is 6.30. The minimum atomic E-state index is -0.547. The Labute approximate surface area is 119 Å². The molecule has 2 aromatic rings. The van der Waals surface area contributed by atoms with E-state index in [4.69, 9.17) is 5.73 Å². The van der Waals surface area contributed by atoms with Gasteiger partial charge in [-0.15, -0.1) is 11.3 Å². The lowest BCUT2D eigenvalue weighted by atomic mass is 10.0. The topological polar surface area (TPSA) is 107 Å². The monoisotopic (exact) mass is 291 g/mol. The van der Waals surface area contributed by atoms with Crippen molar-refractivity contribution in [1.82, 2.24) is 9.97 Å². The second-order valence-electron chi connectivity index (χ2n) is 4.58. The first kappa shape index (κ1) is 12.8. The molecule has 0 bridgehead atoms. The van der Waals surface area contributed by atoms with Gasteiger partial charge in [-0.2, -0.15) is 0 Å². The Kier molecular flexibility index (Phi) is 3.23. The van der Waals surface area contributed by atoms with Gasteiger partial charge in [-0.25, -0.2) is 9.97 Å². The molecule has 0 unspecified atom stereocenters. The second-order valence-corrected chi connectivity index (χ2v) is 5.66. The molecule has 3 N–H and O–H groups in total. The van der Waals surface area contributed by atoms with E-state index in [0.717, 1.165) is 23.7 Å². The van der Waals surface area contributed by atoms with Crippen LogP contribution in [0.15, 0.2) is 12.1 Å². The Hall–Kier alpha value is -2.22. The maximum absolute atomic E-state index is 10.7. The van der Waals surface area contributed by atoms with Crippen LogP contribution in [0.3, 0.4) is 0 Å². The van der Waals surface area contributed by atoms with Crippen molar-refractivity contribution < 1.29 is 4.92 Å². The quantitative estimate of drug-likeness (QED) is 0.665. The highest BCUT2D eigenvalue weighted by Gasteiger charge is 2.17. The van der Waals surface area contributed by atoms with Crippen molar-refractivity contribution in [2.24, 2.45) is 0 Å². The van der Waals surface area contributed by atoms with E-state index >= 15 is 0 Å². The lowest BCUT2D eigenvalue weighted by Gasteiger charge is -2.06. The molecule has 0 saturated heterocycles. The molecule has 2 heterocycles. The second kappa shape index (κ2) is 5.04. The maximum atomic E-state index is 10.7. The van der Waals surface area contributed by atoms with Crippen molar-refractivity contribution in [3.05, 3.63) is 32.8 Å². The molecule has 0 radical (unpaired) electrons. The molecule has 0 atom stereocenters. The van der Waals surface area contributed by atoms with Crippen LogP contribution in [0.25, 0.3) is 0 Å². The van der Waals surface area contributed by atoms with Gasteiger partial charge in [-0.05, 0) is 31.7 Å². The van der Waals surface area contributed by atoms with Gasteiger partial charge in [0.2, 0.25) is 5.82 Å². The first-order chi connectivity index (χ1) is 9.63. The van der Waals surface area contributed by atoms with Crippen molar-refractivity contribution in [3.8, 4) is 0 Å². The number of nitrogens with zero attached hydrogens (tertiary/aromatic N) is 3. The predicted molar refractivity (Wildman–Crippen MR) is 77.3 cm³/mol. The molecule has 0 aromatic carbocycles. The van der Waals surface area contributed by atoms with E-state index in [2.05, 4.69) is 15.3 Å². The summed E-state index contributed by atoms with van der Waals surface area (Å²) in [7, 11) is 0. The van der Waals surface area contributed by atoms with E-state index in [9.17, 15) is 10.1 Å². The normalized spacial score (nSPS) is 13.8. The summed E-state index contributed by atoms with van der Waals surface area (Å²) in [5, 5.41) is 14.5. The molecule has 1 aliphatic rings. The number of hydrogen-bond acceptors (Lipinski definition) is 7. The zero-order valence-corrected chi connectivity index (χ0v) is 11.4. The summed E-state index contributed by atoms with van der Waals surface area (Å²) in [6, 6.07) is 2.88. The maximum Gasteiger partial charge on any atom is 0.311 e. The van der Waals surface area contributed by atoms with Gasteiger partial charge in [0.25, 0.3) is 0 Å². The number of hydrogen-bond donors (Lipinski definition) is 2. The minimum absolute atomic E-state index is 0.0960. The van der Waals surface area contributed by atoms with E-state index in [1.807, 2.05) is 0 Å². The molecule has 0 fully saturated rings. The third-order valence-electron chi connectivity index (χ3n) is 3.18. The van der Waals surface area contributed by atoms with Gasteiger partial charge in [0.05, 0.1) is 10.6 Å². The fourth-order valence-electron chi connectivity index (χ4n) is 2.21. The van der Waals surface area contributed by atoms with E-state index in [1.165, 1.54) is 29.9 Å². The van der Waals surface area contributed by atoms with Crippen LogP contribution in [-0.2, 0) is 12.8 Å². The van der Waals surface area contributed by atoms with Crippen molar-refractivity contribution in [2.75, 3.05) is 11.1 Å². The summed E-state index contributed by atoms with van der Waals surface area (Å²) < 4.78 is 0. The minimum Gasteiger partial charge on any atom is -0.378 e. The number of nitrogen functional groups attached to an aromatic ring is 1. The number of aromatic nitrogens is 2. The van der Waals surface area contributed by atoms with Crippen LogP contribution >= 0.6 is 11.3 Å². The molecule has 0 saturated carbocycles. The van der Waals surface area contributed by atoms with Gasteiger partial charge >= 0.3 is 5.69 Å². The van der Waals surface area contributed by atoms with Crippen LogP contribution in [0.2, 0.25) is 0 Å². The number of anilines is 3. The highest BCUT2D eigenvalue weighted by Crippen LogP contribution is 2.31. The molecule has 7 nitrogen and oxygen atoms in total. The largest absolute Gasteiger partial charge is 0.378 e. The SMILES string of the molecule is Nc1nc(Nc2nc3c(s2)CCCC3)ccc1[N+](=O)[O-]. The van der Waals surface area contributed by atoms with Crippen molar-refractivity contribution in [2.45, 2.75) is 25.7 Å². The highest BCUT2D eigenvalue weighted by molar-refractivity contribution is 7.15. The number of pyridine rings is 1. The van der Waals surface area contributed by atoms with Crippen LogP contribution in [0.4, 0.5) is 22.5 Å². The summed E-state index contributed by atoms with van der Waals surface area (Å²) in [5.41, 5.74) is 6.53. The molecule has 3 rings (SSSR count). The van der Waals surface area contributed by atoms with Crippen molar-refractivity contribution in [3.63, 3.8) is 0 Å². The average molecular weight is 291 g/mol. The van der Waals surface area contributed by atoms with Crippen molar-refractivity contribution >= 4 is 33.8 Å². The van der Waals surface area contributed by atoms with Crippen LogP contribution in [-0.4, -0.2) is 14.9 Å². The summed E-state index contributed by atoms with van der Waals surface area (Å²) >= 11 is 1.61. The number of rotatable bonds is 3. The molecule has 104 valence electrons. The molecule has 8 heteroatoms. The number of nitro groups is 1. The van der Waals surface area contributed by atoms with Crippen LogP contribution < -0.4 is 11.1 Å². The molecule has 20 heavy (non-hydrogen) atoms. The number of thiazole rings is 1. The zero-order valence-electron chi connectivity index (χ0n) is 10.6. The van der Waals surface area contributed by atoms with Gasteiger partial charge in [0.1, 0.15) is 5.82 Å². The fraction of sp³-hybridized carbons (Fsp3) is 0.333. The molecule has 2 aromatic heterocycles. The Balaban J connectivity index is 1.82. The summed E-state index contributed by atoms with van der Waals surface area (Å²) in [6.07, 6.45) is 4.48. The smallest absolute Gasteiger partial charge is 0.311 e. The molecular formula is C12H13N5O2S. The van der Waals surface area contributed by atoms with E-state index in [-0.39, 0.29) is 11.5 Å². The third kappa shape index (κ3) is 2.42. The predicted octanol–water partition coefficient (Wildman–Crippen LogP) is 2.65. The van der Waals surface area contributed by atoms with Gasteiger partial charge in [-0.1, -0.05) is 0 Å². The summed E-state index contributed by atoms with van der Waals surface area (Å²) in [5.74, 6) is 0.375. The number of nitrogens with two attached hydrogens (primary N) is 1. The molecule has 1 aliphatic carbocycles. The summed E-state index contributed by atoms with van der Waals surface area (Å²) in [4.78, 5) is 20.0. The Morgan fingerprint density at radius 2 is 2.10 bits per heavy atom. The first-order valence-corrected chi connectivity index (χ1v) is 7.11. The van der Waals surface area contributed by atoms with Crippen LogP contribution in [0.1, 0.15) is 23.4 Å². The molecule has 0 amide bonds. The van der Waals surface area contributed by atoms with Crippen molar-refractivity contribution in [1.29, 1.82) is 0 Å². The summed E-state index contributed by atoms with van der Waals surface area (Å²) in [6.45, 7) is 0. The van der Waals surface area contributed by atoms with Gasteiger partial charge in [0, 0.05) is 10.9 Å². The van der Waals surface area contributed by atoms with Crippen LogP contribution in [0, 0.1) is 10.1 Å². The number of fused-ring (bicyclic) bond motifs is 1. The Morgan fingerprint density at radius 1 is 1.30 bits per heavy atom. The van der Waals surface area contributed by atoms with E-state index in [1.54, 1.807) is 11.3 Å². The Morgan fingerprint density at radius 3 is 2.80 bits per heavy atom. The van der Waals surface area contributed by atoms with E-state index < -0.39 is 4.92 Å². The lowest BCUT2D eigenvalue weighted by Crippen LogP contribution is -2.01. The molecule has 0 spiro atoms. The van der Waals surface area contributed by atoms with Crippen LogP contribution in [0.5, 0.6) is 0 Å². The standard InChI is InChI=1S/C12H13N5O2S/c13-11-8(17(18)19)5-6-10(15-11)16-12-14-7-3-1-2-4-9(7)20-12/h5-6H,1-4H2,(H3,13,14,15,16). The molecular weight excluding hydrogens is 278 g/mol. The third-order valence-corrected chi connectivity index (χ3v) is 4.25. The van der Waals surface area contributed by atoms with Gasteiger partial charge in [0.15, 0.2) is 5.13 Å². The molecule has 0 aliphatic heterocycles. The fourth-order valence-corrected chi connectivity index (χ4v) is 3.26. The van der Waals surface area contributed by atoms with E-state index in [0.29, 0.717) is 5.82 Å². The van der Waals surface area contributed by atoms with Gasteiger partial charge in [-0.3, -0.25) is 10.1 Å². The lowest BCUT2D eigenvalue weighted by molar-refractivity contribution is -0.384. The number of aryl methyl sites for hydroxylation is 2. The number of nitrogens with one attached hydrogen (secondary N) is 1. The van der Waals surface area contributed by atoms with Gasteiger partial charge < -0.3 is 11.1 Å². The highest BCUT2D eigenvalue weighted by atomic mass is 32.1. The Bertz CT molecular complexity index is 646.